The van der Waals surface area contributed by atoms with Gasteiger partial charge in [0.1, 0.15) is 11.3 Å². The number of benzene rings is 1. The second-order valence-corrected chi connectivity index (χ2v) is 8.12. The summed E-state index contributed by atoms with van der Waals surface area (Å²) in [6, 6.07) is 11.8. The highest BCUT2D eigenvalue weighted by atomic mass is 16.2. The van der Waals surface area contributed by atoms with Crippen LogP contribution in [-0.2, 0) is 25.8 Å². The maximum atomic E-state index is 13.4. The Balaban J connectivity index is 1.40. The molecule has 7 nitrogen and oxygen atoms in total. The molecule has 0 unspecified atom stereocenters. The van der Waals surface area contributed by atoms with Gasteiger partial charge in [0.15, 0.2) is 0 Å². The number of amides is 2. The molecule has 2 N–H and O–H groups in total. The third-order valence-corrected chi connectivity index (χ3v) is 6.32. The molecule has 158 valence electrons. The van der Waals surface area contributed by atoms with Gasteiger partial charge in [0.25, 0.3) is 17.4 Å². The van der Waals surface area contributed by atoms with E-state index in [1.807, 2.05) is 12.1 Å². The zero-order chi connectivity index (χ0) is 21.4. The van der Waals surface area contributed by atoms with E-state index in [1.165, 1.54) is 11.1 Å². The second-order valence-electron chi connectivity index (χ2n) is 8.12. The maximum absolute atomic E-state index is 13.4. The molecule has 0 radical (unpaired) electrons. The first-order valence-electron chi connectivity index (χ1n) is 10.6. The van der Waals surface area contributed by atoms with Crippen molar-refractivity contribution in [2.75, 3.05) is 19.6 Å². The summed E-state index contributed by atoms with van der Waals surface area (Å²) in [5.74, 6) is -0.296. The van der Waals surface area contributed by atoms with Crippen molar-refractivity contribution in [2.45, 2.75) is 25.8 Å². The van der Waals surface area contributed by atoms with E-state index >= 15 is 0 Å². The highest BCUT2D eigenvalue weighted by Crippen LogP contribution is 2.23. The fourth-order valence-corrected chi connectivity index (χ4v) is 4.63. The largest absolute Gasteiger partial charge is 0.357 e. The van der Waals surface area contributed by atoms with Crippen molar-refractivity contribution >= 4 is 11.8 Å². The van der Waals surface area contributed by atoms with Crippen LogP contribution in [0.15, 0.2) is 53.6 Å². The van der Waals surface area contributed by atoms with E-state index in [2.05, 4.69) is 22.1 Å². The van der Waals surface area contributed by atoms with Crippen LogP contribution in [0.25, 0.3) is 0 Å². The Morgan fingerprint density at radius 1 is 0.774 bits per heavy atom. The average molecular weight is 416 g/mol. The van der Waals surface area contributed by atoms with Gasteiger partial charge in [0.05, 0.1) is 0 Å². The van der Waals surface area contributed by atoms with Crippen molar-refractivity contribution in [1.82, 2.24) is 19.8 Å². The molecule has 0 spiro atoms. The Hall–Kier alpha value is -3.61. The molecule has 0 fully saturated rings. The SMILES string of the molecule is O=C(c1ccc[nH]1)N1CCc2c(c[nH]c(=O)c2C(=O)N2CCc3ccccc3CC2)C1. The number of pyridine rings is 1. The van der Waals surface area contributed by atoms with Crippen LogP contribution in [0.3, 0.4) is 0 Å². The molecular formula is C24H24N4O3. The van der Waals surface area contributed by atoms with Gasteiger partial charge >= 0.3 is 0 Å². The molecule has 2 aliphatic heterocycles. The van der Waals surface area contributed by atoms with E-state index in [4.69, 9.17) is 0 Å². The first-order valence-corrected chi connectivity index (χ1v) is 10.6. The van der Waals surface area contributed by atoms with Crippen molar-refractivity contribution in [3.63, 3.8) is 0 Å². The first kappa shape index (κ1) is 19.4. The summed E-state index contributed by atoms with van der Waals surface area (Å²) < 4.78 is 0. The Morgan fingerprint density at radius 2 is 1.48 bits per heavy atom. The number of carbonyl (C=O) groups is 2. The van der Waals surface area contributed by atoms with Gasteiger partial charge in [0.2, 0.25) is 0 Å². The highest BCUT2D eigenvalue weighted by Gasteiger charge is 2.30. The maximum Gasteiger partial charge on any atom is 0.270 e. The van der Waals surface area contributed by atoms with Gasteiger partial charge in [0, 0.05) is 38.6 Å². The number of fused-ring (bicyclic) bond motifs is 2. The van der Waals surface area contributed by atoms with Crippen LogP contribution < -0.4 is 5.56 Å². The second kappa shape index (κ2) is 7.91. The minimum absolute atomic E-state index is 0.0833. The van der Waals surface area contributed by atoms with Crippen molar-refractivity contribution in [3.8, 4) is 0 Å². The van der Waals surface area contributed by atoms with E-state index < -0.39 is 0 Å². The molecule has 2 aliphatic rings. The standard InChI is InChI=1S/C24H24N4O3/c29-22-21(24(31)27-11-7-16-4-1-2-5-17(16)8-12-27)19-9-13-28(15-18(19)14-26-22)23(30)20-6-3-10-25-20/h1-6,10,14,25H,7-9,11-13,15H2,(H,26,29). The van der Waals surface area contributed by atoms with E-state index in [-0.39, 0.29) is 22.9 Å². The van der Waals surface area contributed by atoms with Crippen LogP contribution in [0, 0.1) is 0 Å². The van der Waals surface area contributed by atoms with E-state index in [1.54, 1.807) is 34.3 Å². The number of hydrogen-bond acceptors (Lipinski definition) is 3. The predicted octanol–water partition coefficient (Wildman–Crippen LogP) is 2.14. The third-order valence-electron chi connectivity index (χ3n) is 6.32. The van der Waals surface area contributed by atoms with Gasteiger partial charge in [-0.3, -0.25) is 14.4 Å². The van der Waals surface area contributed by atoms with Crippen molar-refractivity contribution < 1.29 is 9.59 Å². The zero-order valence-electron chi connectivity index (χ0n) is 17.2. The third kappa shape index (κ3) is 3.56. The predicted molar refractivity (Wildman–Crippen MR) is 116 cm³/mol. The van der Waals surface area contributed by atoms with Crippen molar-refractivity contribution in [3.05, 3.63) is 92.7 Å². The van der Waals surface area contributed by atoms with Gasteiger partial charge in [-0.05, 0) is 53.6 Å². The Bertz CT molecular complexity index is 1170. The molecule has 0 bridgehead atoms. The number of rotatable bonds is 2. The molecule has 0 saturated carbocycles. The quantitative estimate of drug-likeness (QED) is 0.671. The lowest BCUT2D eigenvalue weighted by molar-refractivity contribution is 0.0727. The lowest BCUT2D eigenvalue weighted by Gasteiger charge is -2.30. The average Bonchev–Trinajstić information content (AvgIpc) is 3.25. The summed E-state index contributed by atoms with van der Waals surface area (Å²) in [5.41, 5.74) is 4.54. The van der Waals surface area contributed by atoms with Crippen LogP contribution in [0.5, 0.6) is 0 Å². The number of aromatic amines is 2. The molecule has 0 atom stereocenters. The summed E-state index contributed by atoms with van der Waals surface area (Å²) in [7, 11) is 0. The summed E-state index contributed by atoms with van der Waals surface area (Å²) in [5, 5.41) is 0. The molecule has 7 heteroatoms. The molecule has 2 aromatic heterocycles. The normalized spacial score (nSPS) is 15.7. The van der Waals surface area contributed by atoms with Crippen LogP contribution in [-0.4, -0.2) is 51.2 Å². The number of nitrogens with zero attached hydrogens (tertiary/aromatic N) is 2. The molecular weight excluding hydrogens is 392 g/mol. The van der Waals surface area contributed by atoms with E-state index in [0.717, 1.165) is 24.0 Å². The van der Waals surface area contributed by atoms with Crippen LogP contribution in [0.1, 0.15) is 43.1 Å². The molecule has 3 aromatic rings. The molecule has 0 aliphatic carbocycles. The lowest BCUT2D eigenvalue weighted by Crippen LogP contribution is -2.41. The summed E-state index contributed by atoms with van der Waals surface area (Å²) >= 11 is 0. The molecule has 1 aromatic carbocycles. The number of H-pyrrole nitrogens is 2. The Labute approximate surface area is 179 Å². The fourth-order valence-electron chi connectivity index (χ4n) is 4.63. The summed E-state index contributed by atoms with van der Waals surface area (Å²) in [6.07, 6.45) is 5.42. The van der Waals surface area contributed by atoms with Gasteiger partial charge in [-0.2, -0.15) is 0 Å². The molecule has 4 heterocycles. The van der Waals surface area contributed by atoms with Gasteiger partial charge < -0.3 is 19.8 Å². The number of carbonyl (C=O) groups excluding carboxylic acids is 2. The number of nitrogens with one attached hydrogen (secondary N) is 2. The van der Waals surface area contributed by atoms with E-state index in [0.29, 0.717) is 38.3 Å². The van der Waals surface area contributed by atoms with Gasteiger partial charge in [-0.15, -0.1) is 0 Å². The minimum Gasteiger partial charge on any atom is -0.357 e. The topological polar surface area (TPSA) is 89.3 Å². The van der Waals surface area contributed by atoms with Crippen LogP contribution in [0.4, 0.5) is 0 Å². The minimum atomic E-state index is -0.352. The van der Waals surface area contributed by atoms with Crippen LogP contribution in [0.2, 0.25) is 0 Å². The number of hydrogen-bond donors (Lipinski definition) is 2. The van der Waals surface area contributed by atoms with Gasteiger partial charge in [-0.1, -0.05) is 24.3 Å². The van der Waals surface area contributed by atoms with Crippen molar-refractivity contribution in [1.29, 1.82) is 0 Å². The monoisotopic (exact) mass is 416 g/mol. The van der Waals surface area contributed by atoms with E-state index in [9.17, 15) is 14.4 Å². The highest BCUT2D eigenvalue weighted by molar-refractivity contribution is 5.96. The van der Waals surface area contributed by atoms with Gasteiger partial charge in [-0.25, -0.2) is 0 Å². The first-order chi connectivity index (χ1) is 15.1. The smallest absolute Gasteiger partial charge is 0.270 e. The molecule has 5 rings (SSSR count). The Morgan fingerprint density at radius 3 is 2.16 bits per heavy atom. The summed E-state index contributed by atoms with van der Waals surface area (Å²) in [4.78, 5) is 48.0. The zero-order valence-corrected chi connectivity index (χ0v) is 17.2. The lowest BCUT2D eigenvalue weighted by atomic mass is 9.95. The molecule has 0 saturated heterocycles. The molecule has 31 heavy (non-hydrogen) atoms. The van der Waals surface area contributed by atoms with Crippen LogP contribution >= 0.6 is 0 Å². The Kier molecular flexibility index (Phi) is 4.94. The molecule has 2 amide bonds. The van der Waals surface area contributed by atoms with Crippen molar-refractivity contribution in [2.24, 2.45) is 0 Å². The summed E-state index contributed by atoms with van der Waals surface area (Å²) in [6.45, 7) is 2.03. The fraction of sp³-hybridized carbons (Fsp3) is 0.292. The number of aromatic nitrogens is 2.